The van der Waals surface area contributed by atoms with Gasteiger partial charge in [0.05, 0.1) is 19.3 Å². The van der Waals surface area contributed by atoms with Crippen LogP contribution in [0.3, 0.4) is 0 Å². The van der Waals surface area contributed by atoms with Crippen molar-refractivity contribution < 1.29 is 9.47 Å². The minimum absolute atomic E-state index is 0.261. The quantitative estimate of drug-likeness (QED) is 0.722. The maximum absolute atomic E-state index is 5.45. The molecular formula is C12H20N2O2. The molecule has 90 valence electrons. The van der Waals surface area contributed by atoms with E-state index in [1.165, 1.54) is 0 Å². The molecule has 0 aliphatic heterocycles. The van der Waals surface area contributed by atoms with E-state index in [4.69, 9.17) is 9.47 Å². The van der Waals surface area contributed by atoms with Gasteiger partial charge >= 0.3 is 0 Å². The van der Waals surface area contributed by atoms with Gasteiger partial charge in [0.25, 0.3) is 0 Å². The van der Waals surface area contributed by atoms with Crippen LogP contribution in [0.25, 0.3) is 0 Å². The molecule has 4 heteroatoms. The third-order valence-corrected chi connectivity index (χ3v) is 1.92. The average molecular weight is 224 g/mol. The summed E-state index contributed by atoms with van der Waals surface area (Å²) in [6.07, 6.45) is 2.01. The number of pyridine rings is 1. The van der Waals surface area contributed by atoms with Crippen LogP contribution >= 0.6 is 0 Å². The zero-order valence-corrected chi connectivity index (χ0v) is 10.2. The molecule has 0 amide bonds. The molecule has 1 aromatic heterocycles. The van der Waals surface area contributed by atoms with Crippen LogP contribution in [0, 0.1) is 0 Å². The molecule has 0 aromatic carbocycles. The lowest BCUT2D eigenvalue weighted by atomic mass is 10.4. The Morgan fingerprint density at radius 3 is 2.94 bits per heavy atom. The molecule has 0 aliphatic rings. The Kier molecular flexibility index (Phi) is 5.64. The number of nitrogens with one attached hydrogen (secondary N) is 1. The number of hydrogen-bond acceptors (Lipinski definition) is 4. The second kappa shape index (κ2) is 7.06. The van der Waals surface area contributed by atoms with Gasteiger partial charge in [0.15, 0.2) is 11.6 Å². The molecule has 1 N–H and O–H groups in total. The first-order valence-corrected chi connectivity index (χ1v) is 5.67. The van der Waals surface area contributed by atoms with Crippen LogP contribution in [0.1, 0.15) is 20.8 Å². The van der Waals surface area contributed by atoms with Crippen molar-refractivity contribution in [1.82, 2.24) is 4.98 Å². The first-order chi connectivity index (χ1) is 7.74. The van der Waals surface area contributed by atoms with Crippen LogP contribution in [-0.4, -0.2) is 30.8 Å². The Labute approximate surface area is 97.0 Å². The van der Waals surface area contributed by atoms with Gasteiger partial charge in [-0.05, 0) is 32.9 Å². The Bertz CT molecular complexity index is 303. The zero-order valence-electron chi connectivity index (χ0n) is 10.2. The first kappa shape index (κ1) is 12.8. The van der Waals surface area contributed by atoms with E-state index in [0.29, 0.717) is 13.2 Å². The van der Waals surface area contributed by atoms with Crippen molar-refractivity contribution in [3.63, 3.8) is 0 Å². The SMILES string of the molecule is CCOc1cccnc1NCCOC(C)C. The van der Waals surface area contributed by atoms with Crippen molar-refractivity contribution in [1.29, 1.82) is 0 Å². The minimum atomic E-state index is 0.261. The summed E-state index contributed by atoms with van der Waals surface area (Å²) in [6.45, 7) is 8.04. The normalized spacial score (nSPS) is 10.5. The smallest absolute Gasteiger partial charge is 0.168 e. The molecule has 0 fully saturated rings. The molecule has 16 heavy (non-hydrogen) atoms. The van der Waals surface area contributed by atoms with Crippen LogP contribution in [0.15, 0.2) is 18.3 Å². The third kappa shape index (κ3) is 4.49. The van der Waals surface area contributed by atoms with E-state index in [2.05, 4.69) is 10.3 Å². The van der Waals surface area contributed by atoms with Gasteiger partial charge in [0.2, 0.25) is 0 Å². The van der Waals surface area contributed by atoms with Gasteiger partial charge in [-0.25, -0.2) is 4.98 Å². The number of nitrogens with zero attached hydrogens (tertiary/aromatic N) is 1. The molecule has 1 rings (SSSR count). The maximum Gasteiger partial charge on any atom is 0.168 e. The Morgan fingerprint density at radius 1 is 1.44 bits per heavy atom. The third-order valence-electron chi connectivity index (χ3n) is 1.92. The highest BCUT2D eigenvalue weighted by Crippen LogP contribution is 2.20. The molecule has 0 saturated carbocycles. The van der Waals surface area contributed by atoms with Crippen molar-refractivity contribution in [3.8, 4) is 5.75 Å². The summed E-state index contributed by atoms with van der Waals surface area (Å²) >= 11 is 0. The summed E-state index contributed by atoms with van der Waals surface area (Å²) in [7, 11) is 0. The van der Waals surface area contributed by atoms with E-state index < -0.39 is 0 Å². The van der Waals surface area contributed by atoms with Crippen molar-refractivity contribution in [2.75, 3.05) is 25.1 Å². The predicted octanol–water partition coefficient (Wildman–Crippen LogP) is 2.32. The van der Waals surface area contributed by atoms with E-state index in [1.54, 1.807) is 6.20 Å². The van der Waals surface area contributed by atoms with Gasteiger partial charge in [-0.15, -0.1) is 0 Å². The van der Waals surface area contributed by atoms with E-state index in [9.17, 15) is 0 Å². The van der Waals surface area contributed by atoms with Crippen LogP contribution in [0.2, 0.25) is 0 Å². The molecule has 1 heterocycles. The summed E-state index contributed by atoms with van der Waals surface area (Å²) in [5, 5.41) is 3.19. The van der Waals surface area contributed by atoms with E-state index in [-0.39, 0.29) is 6.10 Å². The largest absolute Gasteiger partial charge is 0.490 e. The molecule has 0 bridgehead atoms. The van der Waals surface area contributed by atoms with Crippen molar-refractivity contribution in [3.05, 3.63) is 18.3 Å². The lowest BCUT2D eigenvalue weighted by Crippen LogP contribution is -2.14. The Balaban J connectivity index is 2.40. The number of anilines is 1. The summed E-state index contributed by atoms with van der Waals surface area (Å²) in [6, 6.07) is 3.77. The number of aromatic nitrogens is 1. The van der Waals surface area contributed by atoms with Gasteiger partial charge in [-0.3, -0.25) is 0 Å². The van der Waals surface area contributed by atoms with Gasteiger partial charge in [0, 0.05) is 12.7 Å². The summed E-state index contributed by atoms with van der Waals surface area (Å²) in [5.74, 6) is 1.56. The Hall–Kier alpha value is -1.29. The molecule has 0 spiro atoms. The van der Waals surface area contributed by atoms with E-state index in [1.807, 2.05) is 32.9 Å². The molecule has 1 aromatic rings. The van der Waals surface area contributed by atoms with Crippen LogP contribution in [0.5, 0.6) is 5.75 Å². The fourth-order valence-electron chi connectivity index (χ4n) is 1.26. The standard InChI is InChI=1S/C12H20N2O2/c1-4-15-11-6-5-7-13-12(11)14-8-9-16-10(2)3/h5-7,10H,4,8-9H2,1-3H3,(H,13,14). The van der Waals surface area contributed by atoms with E-state index >= 15 is 0 Å². The lowest BCUT2D eigenvalue weighted by molar-refractivity contribution is 0.0870. The van der Waals surface area contributed by atoms with Gasteiger partial charge in [-0.1, -0.05) is 0 Å². The summed E-state index contributed by atoms with van der Waals surface area (Å²) in [5.41, 5.74) is 0. The van der Waals surface area contributed by atoms with Crippen LogP contribution in [-0.2, 0) is 4.74 Å². The van der Waals surface area contributed by atoms with Crippen molar-refractivity contribution >= 4 is 5.82 Å². The number of ether oxygens (including phenoxy) is 2. The molecular weight excluding hydrogens is 204 g/mol. The highest BCUT2D eigenvalue weighted by molar-refractivity contribution is 5.49. The molecule has 4 nitrogen and oxygen atoms in total. The Morgan fingerprint density at radius 2 is 2.25 bits per heavy atom. The fraction of sp³-hybridized carbons (Fsp3) is 0.583. The van der Waals surface area contributed by atoms with Gasteiger partial charge in [-0.2, -0.15) is 0 Å². The predicted molar refractivity (Wildman–Crippen MR) is 65.0 cm³/mol. The minimum Gasteiger partial charge on any atom is -0.490 e. The van der Waals surface area contributed by atoms with Crippen LogP contribution in [0.4, 0.5) is 5.82 Å². The number of rotatable bonds is 7. The first-order valence-electron chi connectivity index (χ1n) is 5.67. The van der Waals surface area contributed by atoms with Gasteiger partial charge < -0.3 is 14.8 Å². The fourth-order valence-corrected chi connectivity index (χ4v) is 1.26. The summed E-state index contributed by atoms with van der Waals surface area (Å²) in [4.78, 5) is 4.22. The zero-order chi connectivity index (χ0) is 11.8. The van der Waals surface area contributed by atoms with E-state index in [0.717, 1.165) is 18.1 Å². The second-order valence-electron chi connectivity index (χ2n) is 3.63. The molecule has 0 saturated heterocycles. The molecule has 0 unspecified atom stereocenters. The highest BCUT2D eigenvalue weighted by Gasteiger charge is 2.02. The second-order valence-corrected chi connectivity index (χ2v) is 3.63. The monoisotopic (exact) mass is 224 g/mol. The lowest BCUT2D eigenvalue weighted by Gasteiger charge is -2.12. The molecule has 0 atom stereocenters. The molecule has 0 aliphatic carbocycles. The summed E-state index contributed by atoms with van der Waals surface area (Å²) < 4.78 is 10.9. The molecule has 0 radical (unpaired) electrons. The maximum atomic E-state index is 5.45. The van der Waals surface area contributed by atoms with Crippen molar-refractivity contribution in [2.45, 2.75) is 26.9 Å². The number of hydrogen-bond donors (Lipinski definition) is 1. The van der Waals surface area contributed by atoms with Crippen molar-refractivity contribution in [2.24, 2.45) is 0 Å². The van der Waals surface area contributed by atoms with Crippen LogP contribution < -0.4 is 10.1 Å². The topological polar surface area (TPSA) is 43.4 Å². The highest BCUT2D eigenvalue weighted by atomic mass is 16.5. The average Bonchev–Trinajstić information content (AvgIpc) is 2.26. The van der Waals surface area contributed by atoms with Gasteiger partial charge in [0.1, 0.15) is 0 Å².